The maximum absolute atomic E-state index is 10.5. The molecule has 26 heavy (non-hydrogen) atoms. The summed E-state index contributed by atoms with van der Waals surface area (Å²) in [6.45, 7) is 2.05. The largest absolute Gasteiger partial charge is 0.507 e. The van der Waals surface area contributed by atoms with Crippen LogP contribution in [0.4, 0.5) is 5.82 Å². The van der Waals surface area contributed by atoms with E-state index in [1.165, 1.54) is 12.8 Å². The second-order valence-corrected chi connectivity index (χ2v) is 6.19. The Morgan fingerprint density at radius 2 is 1.81 bits per heavy atom. The molecule has 0 saturated carbocycles. The summed E-state index contributed by atoms with van der Waals surface area (Å²) in [6.07, 6.45) is 4.02. The van der Waals surface area contributed by atoms with Gasteiger partial charge in [-0.15, -0.1) is 15.3 Å². The number of nitrogens with zero attached hydrogens (tertiary/aromatic N) is 5. The number of aromatic nitrogens is 4. The van der Waals surface area contributed by atoms with Gasteiger partial charge in [0.05, 0.1) is 19.0 Å². The highest BCUT2D eigenvalue weighted by Crippen LogP contribution is 2.33. The number of rotatable bonds is 4. The third-order valence-electron chi connectivity index (χ3n) is 4.53. The highest BCUT2D eigenvalue weighted by Gasteiger charge is 2.15. The SMILES string of the molecule is COc1cc(-c2ccc(-c3ccc(N4CCCC4)nn3)c(O)c2)cnn1. The first-order valence-corrected chi connectivity index (χ1v) is 8.54. The van der Waals surface area contributed by atoms with E-state index in [1.807, 2.05) is 24.3 Å². The summed E-state index contributed by atoms with van der Waals surface area (Å²) in [7, 11) is 1.54. The van der Waals surface area contributed by atoms with E-state index in [2.05, 4.69) is 25.3 Å². The fourth-order valence-corrected chi connectivity index (χ4v) is 3.12. The smallest absolute Gasteiger partial charge is 0.233 e. The Bertz CT molecular complexity index is 908. The molecule has 2 aromatic heterocycles. The molecule has 0 aliphatic carbocycles. The number of aromatic hydroxyl groups is 1. The van der Waals surface area contributed by atoms with E-state index in [1.54, 1.807) is 25.4 Å². The van der Waals surface area contributed by atoms with Crippen molar-refractivity contribution in [2.75, 3.05) is 25.1 Å². The number of ether oxygens (including phenoxy) is 1. The lowest BCUT2D eigenvalue weighted by atomic mass is 10.0. The Balaban J connectivity index is 1.61. The van der Waals surface area contributed by atoms with E-state index in [4.69, 9.17) is 4.74 Å². The van der Waals surface area contributed by atoms with Gasteiger partial charge in [0.1, 0.15) is 5.75 Å². The lowest BCUT2D eigenvalue weighted by molar-refractivity contribution is 0.392. The topological polar surface area (TPSA) is 84.3 Å². The van der Waals surface area contributed by atoms with Gasteiger partial charge in [-0.25, -0.2) is 0 Å². The summed E-state index contributed by atoms with van der Waals surface area (Å²) in [5.74, 6) is 1.45. The first-order valence-electron chi connectivity index (χ1n) is 8.54. The molecule has 0 spiro atoms. The Morgan fingerprint density at radius 1 is 0.962 bits per heavy atom. The Labute approximate surface area is 151 Å². The molecule has 7 heteroatoms. The normalized spacial score (nSPS) is 13.8. The van der Waals surface area contributed by atoms with Gasteiger partial charge < -0.3 is 14.7 Å². The summed E-state index contributed by atoms with van der Waals surface area (Å²) in [5, 5.41) is 26.8. The highest BCUT2D eigenvalue weighted by atomic mass is 16.5. The van der Waals surface area contributed by atoms with Crippen molar-refractivity contribution in [1.82, 2.24) is 20.4 Å². The maximum Gasteiger partial charge on any atom is 0.233 e. The molecule has 0 unspecified atom stereocenters. The lowest BCUT2D eigenvalue weighted by Crippen LogP contribution is -2.19. The molecule has 1 saturated heterocycles. The van der Waals surface area contributed by atoms with Crippen molar-refractivity contribution in [3.63, 3.8) is 0 Å². The molecular formula is C19H19N5O2. The van der Waals surface area contributed by atoms with Crippen LogP contribution in [0.25, 0.3) is 22.4 Å². The number of anilines is 1. The average molecular weight is 349 g/mol. The molecule has 3 heterocycles. The quantitative estimate of drug-likeness (QED) is 0.775. The van der Waals surface area contributed by atoms with Crippen molar-refractivity contribution in [3.8, 4) is 34.0 Å². The second-order valence-electron chi connectivity index (χ2n) is 6.19. The van der Waals surface area contributed by atoms with Crippen LogP contribution in [0.3, 0.4) is 0 Å². The number of phenols is 1. The number of hydrogen-bond acceptors (Lipinski definition) is 7. The molecule has 132 valence electrons. The summed E-state index contributed by atoms with van der Waals surface area (Å²) in [5.41, 5.74) is 2.92. The number of benzene rings is 1. The minimum Gasteiger partial charge on any atom is -0.507 e. The van der Waals surface area contributed by atoms with E-state index in [9.17, 15) is 5.11 Å². The van der Waals surface area contributed by atoms with Crippen LogP contribution in [0.15, 0.2) is 42.6 Å². The van der Waals surface area contributed by atoms with E-state index in [0.29, 0.717) is 17.1 Å². The molecule has 1 aliphatic rings. The third-order valence-corrected chi connectivity index (χ3v) is 4.53. The van der Waals surface area contributed by atoms with Crippen LogP contribution in [-0.4, -0.2) is 45.7 Å². The standard InChI is InChI=1S/C19H19N5O2/c1-26-19-11-14(12-20-23-19)13-4-5-15(17(25)10-13)16-6-7-18(22-21-16)24-8-2-3-9-24/h4-7,10-12,25H,2-3,8-9H2,1H3. The zero-order chi connectivity index (χ0) is 17.9. The Hall–Kier alpha value is -3.22. The van der Waals surface area contributed by atoms with E-state index >= 15 is 0 Å². The third kappa shape index (κ3) is 3.15. The molecule has 0 bridgehead atoms. The molecule has 1 N–H and O–H groups in total. The molecule has 4 rings (SSSR count). The van der Waals surface area contributed by atoms with Gasteiger partial charge in [0.2, 0.25) is 5.88 Å². The molecule has 1 aliphatic heterocycles. The van der Waals surface area contributed by atoms with Crippen molar-refractivity contribution in [3.05, 3.63) is 42.6 Å². The number of hydrogen-bond donors (Lipinski definition) is 1. The summed E-state index contributed by atoms with van der Waals surface area (Å²) in [4.78, 5) is 2.23. The zero-order valence-electron chi connectivity index (χ0n) is 14.5. The monoisotopic (exact) mass is 349 g/mol. The lowest BCUT2D eigenvalue weighted by Gasteiger charge is -2.15. The molecule has 1 fully saturated rings. The van der Waals surface area contributed by atoms with Crippen LogP contribution >= 0.6 is 0 Å². The van der Waals surface area contributed by atoms with Crippen molar-refractivity contribution in [1.29, 1.82) is 0 Å². The highest BCUT2D eigenvalue weighted by molar-refractivity contribution is 5.74. The van der Waals surface area contributed by atoms with Crippen LogP contribution in [0.2, 0.25) is 0 Å². The van der Waals surface area contributed by atoms with Gasteiger partial charge in [0.15, 0.2) is 5.82 Å². The van der Waals surface area contributed by atoms with Crippen LogP contribution in [0.1, 0.15) is 12.8 Å². The van der Waals surface area contributed by atoms with Crippen molar-refractivity contribution < 1.29 is 9.84 Å². The molecule has 7 nitrogen and oxygen atoms in total. The van der Waals surface area contributed by atoms with Crippen molar-refractivity contribution in [2.45, 2.75) is 12.8 Å². The molecule has 1 aromatic carbocycles. The molecule has 0 radical (unpaired) electrons. The molecule has 0 amide bonds. The Kier molecular flexibility index (Phi) is 4.35. The van der Waals surface area contributed by atoms with Gasteiger partial charge in [0, 0.05) is 30.3 Å². The average Bonchev–Trinajstić information content (AvgIpc) is 3.23. The minimum atomic E-state index is 0.140. The summed E-state index contributed by atoms with van der Waals surface area (Å²) in [6, 6.07) is 11.0. The van der Waals surface area contributed by atoms with Crippen molar-refractivity contribution in [2.24, 2.45) is 0 Å². The second kappa shape index (κ2) is 6.95. The zero-order valence-corrected chi connectivity index (χ0v) is 14.5. The first-order chi connectivity index (χ1) is 12.7. The minimum absolute atomic E-state index is 0.140. The van der Waals surface area contributed by atoms with Crippen LogP contribution < -0.4 is 9.64 Å². The van der Waals surface area contributed by atoms with Gasteiger partial charge in [-0.2, -0.15) is 5.10 Å². The number of phenolic OH excluding ortho intramolecular Hbond substituents is 1. The van der Waals surface area contributed by atoms with E-state index in [-0.39, 0.29) is 5.75 Å². The van der Waals surface area contributed by atoms with Crippen molar-refractivity contribution >= 4 is 5.82 Å². The van der Waals surface area contributed by atoms with Crippen LogP contribution in [-0.2, 0) is 0 Å². The Morgan fingerprint density at radius 3 is 2.50 bits per heavy atom. The van der Waals surface area contributed by atoms with Crippen LogP contribution in [0.5, 0.6) is 11.6 Å². The maximum atomic E-state index is 10.5. The first kappa shape index (κ1) is 16.3. The summed E-state index contributed by atoms with van der Waals surface area (Å²) >= 11 is 0. The molecule has 3 aromatic rings. The van der Waals surface area contributed by atoms with Gasteiger partial charge in [0.25, 0.3) is 0 Å². The van der Waals surface area contributed by atoms with Gasteiger partial charge in [-0.3, -0.25) is 0 Å². The predicted molar refractivity (Wildman–Crippen MR) is 98.2 cm³/mol. The van der Waals surface area contributed by atoms with Gasteiger partial charge >= 0.3 is 0 Å². The summed E-state index contributed by atoms with van der Waals surface area (Å²) < 4.78 is 5.09. The molecule has 0 atom stereocenters. The number of methoxy groups -OCH3 is 1. The van der Waals surface area contributed by atoms with Gasteiger partial charge in [-0.05, 0) is 42.7 Å². The van der Waals surface area contributed by atoms with Gasteiger partial charge in [-0.1, -0.05) is 6.07 Å². The van der Waals surface area contributed by atoms with Crippen LogP contribution in [0, 0.1) is 0 Å². The fourth-order valence-electron chi connectivity index (χ4n) is 3.12. The fraction of sp³-hybridized carbons (Fsp3) is 0.263. The van der Waals surface area contributed by atoms with E-state index in [0.717, 1.165) is 30.0 Å². The molecular weight excluding hydrogens is 330 g/mol. The van der Waals surface area contributed by atoms with E-state index < -0.39 is 0 Å². The predicted octanol–water partition coefficient (Wildman–Crippen LogP) is 2.92.